The summed E-state index contributed by atoms with van der Waals surface area (Å²) in [6.45, 7) is 0. The van der Waals surface area contributed by atoms with Crippen LogP contribution in [0.15, 0.2) is 80.3 Å². The molecule has 1 heterocycles. The normalized spacial score (nSPS) is 17.4. The summed E-state index contributed by atoms with van der Waals surface area (Å²) in [4.78, 5) is 17.1. The molecule has 0 aromatic heterocycles. The Morgan fingerprint density at radius 2 is 1.96 bits per heavy atom. The summed E-state index contributed by atoms with van der Waals surface area (Å²) in [5.74, 6) is -0.733. The zero-order valence-corrected chi connectivity index (χ0v) is 15.7. The Morgan fingerprint density at radius 1 is 1.20 bits per heavy atom. The van der Waals surface area contributed by atoms with Gasteiger partial charge in [0, 0.05) is 4.47 Å². The van der Waals surface area contributed by atoms with Crippen LogP contribution in [-0.2, 0) is 9.53 Å². The number of aliphatic hydroxyl groups is 1. The van der Waals surface area contributed by atoms with Crippen LogP contribution in [0, 0.1) is 0 Å². The van der Waals surface area contributed by atoms with Gasteiger partial charge in [-0.15, -0.1) is 0 Å². The standard InChI is InChI=1S/C19H14BrNO3S/c1-24-19(23)16-17(22)15(11-12-6-5-7-13(20)10-12)25-18(16)21-14-8-3-2-4-9-14/h2-11,22H,1H3/b15-11-,21-18?. The number of benzene rings is 2. The van der Waals surface area contributed by atoms with Crippen molar-refractivity contribution in [3.05, 3.63) is 80.9 Å². The molecule has 6 heteroatoms. The molecule has 0 atom stereocenters. The predicted octanol–water partition coefficient (Wildman–Crippen LogP) is 5.25. The lowest BCUT2D eigenvalue weighted by atomic mass is 10.1. The maximum Gasteiger partial charge on any atom is 0.344 e. The minimum absolute atomic E-state index is 0.0811. The first-order chi connectivity index (χ1) is 12.1. The fourth-order valence-electron chi connectivity index (χ4n) is 2.26. The highest BCUT2D eigenvalue weighted by atomic mass is 79.9. The molecule has 1 N–H and O–H groups in total. The van der Waals surface area contributed by atoms with Gasteiger partial charge in [0.05, 0.1) is 17.7 Å². The van der Waals surface area contributed by atoms with Crippen LogP contribution in [0.1, 0.15) is 5.56 Å². The highest BCUT2D eigenvalue weighted by Crippen LogP contribution is 2.40. The van der Waals surface area contributed by atoms with Gasteiger partial charge in [0.25, 0.3) is 0 Å². The summed E-state index contributed by atoms with van der Waals surface area (Å²) in [5.41, 5.74) is 1.68. The molecule has 0 fully saturated rings. The molecule has 3 rings (SSSR count). The Hall–Kier alpha value is -2.31. The van der Waals surface area contributed by atoms with Crippen LogP contribution in [0.25, 0.3) is 6.08 Å². The van der Waals surface area contributed by atoms with Gasteiger partial charge < -0.3 is 9.84 Å². The summed E-state index contributed by atoms with van der Waals surface area (Å²) in [7, 11) is 1.28. The summed E-state index contributed by atoms with van der Waals surface area (Å²) in [6, 6.07) is 16.9. The van der Waals surface area contributed by atoms with E-state index in [1.165, 1.54) is 18.9 Å². The van der Waals surface area contributed by atoms with E-state index < -0.39 is 5.97 Å². The lowest BCUT2D eigenvalue weighted by Gasteiger charge is -2.01. The molecular weight excluding hydrogens is 402 g/mol. The average molecular weight is 416 g/mol. The number of carbonyl (C=O) groups is 1. The molecule has 0 bridgehead atoms. The number of para-hydroxylation sites is 1. The topological polar surface area (TPSA) is 58.9 Å². The molecule has 0 unspecified atom stereocenters. The summed E-state index contributed by atoms with van der Waals surface area (Å²) < 4.78 is 5.73. The van der Waals surface area contributed by atoms with Gasteiger partial charge in [-0.1, -0.05) is 58.0 Å². The van der Waals surface area contributed by atoms with Crippen LogP contribution >= 0.6 is 27.7 Å². The van der Waals surface area contributed by atoms with Gasteiger partial charge in [0.15, 0.2) is 0 Å². The van der Waals surface area contributed by atoms with E-state index in [2.05, 4.69) is 20.9 Å². The third-order valence-corrected chi connectivity index (χ3v) is 4.93. The Morgan fingerprint density at radius 3 is 2.64 bits per heavy atom. The second kappa shape index (κ2) is 7.72. The van der Waals surface area contributed by atoms with Crippen molar-refractivity contribution in [3.8, 4) is 0 Å². The number of esters is 1. The number of aliphatic imine (C=N–C) groups is 1. The zero-order chi connectivity index (χ0) is 17.8. The van der Waals surface area contributed by atoms with Crippen molar-refractivity contribution in [2.24, 2.45) is 4.99 Å². The minimum atomic E-state index is -0.614. The smallest absolute Gasteiger partial charge is 0.344 e. The predicted molar refractivity (Wildman–Crippen MR) is 105 cm³/mol. The monoisotopic (exact) mass is 415 g/mol. The number of hydrogen-bond acceptors (Lipinski definition) is 5. The number of hydrogen-bond donors (Lipinski definition) is 1. The molecule has 0 aliphatic carbocycles. The molecule has 2 aromatic carbocycles. The number of methoxy groups -OCH3 is 1. The zero-order valence-electron chi connectivity index (χ0n) is 13.3. The van der Waals surface area contributed by atoms with Crippen LogP contribution in [-0.4, -0.2) is 23.2 Å². The third kappa shape index (κ3) is 4.03. The van der Waals surface area contributed by atoms with E-state index >= 15 is 0 Å². The molecule has 4 nitrogen and oxygen atoms in total. The van der Waals surface area contributed by atoms with E-state index in [-0.39, 0.29) is 11.3 Å². The van der Waals surface area contributed by atoms with Crippen LogP contribution in [0.4, 0.5) is 5.69 Å². The molecule has 2 aromatic rings. The Kier molecular flexibility index (Phi) is 5.40. The quantitative estimate of drug-likeness (QED) is 0.695. The number of ether oxygens (including phenoxy) is 1. The minimum Gasteiger partial charge on any atom is -0.506 e. The molecule has 0 amide bonds. The second-order valence-corrected chi connectivity index (χ2v) is 7.08. The molecule has 126 valence electrons. The Bertz CT molecular complexity index is 904. The summed E-state index contributed by atoms with van der Waals surface area (Å²) >= 11 is 4.66. The molecule has 0 saturated carbocycles. The molecule has 0 radical (unpaired) electrons. The SMILES string of the molecule is COC(=O)C1=C(O)/C(=C/c2cccc(Br)c2)SC1=Nc1ccccc1. The van der Waals surface area contributed by atoms with Gasteiger partial charge in [-0.05, 0) is 35.9 Å². The molecule has 0 spiro atoms. The number of aliphatic hydroxyl groups excluding tert-OH is 1. The average Bonchev–Trinajstić information content (AvgIpc) is 2.90. The first kappa shape index (κ1) is 17.5. The van der Waals surface area contributed by atoms with Crippen molar-refractivity contribution in [2.75, 3.05) is 7.11 Å². The van der Waals surface area contributed by atoms with E-state index in [4.69, 9.17) is 4.74 Å². The lowest BCUT2D eigenvalue weighted by Crippen LogP contribution is -2.10. The van der Waals surface area contributed by atoms with Crippen LogP contribution in [0.3, 0.4) is 0 Å². The third-order valence-electron chi connectivity index (χ3n) is 3.41. The van der Waals surface area contributed by atoms with E-state index in [1.54, 1.807) is 6.08 Å². The van der Waals surface area contributed by atoms with E-state index in [0.717, 1.165) is 10.0 Å². The van der Waals surface area contributed by atoms with Crippen molar-refractivity contribution in [3.63, 3.8) is 0 Å². The maximum atomic E-state index is 12.1. The van der Waals surface area contributed by atoms with Crippen molar-refractivity contribution in [1.82, 2.24) is 0 Å². The second-order valence-electron chi connectivity index (χ2n) is 5.13. The van der Waals surface area contributed by atoms with Crippen molar-refractivity contribution in [2.45, 2.75) is 0 Å². The fourth-order valence-corrected chi connectivity index (χ4v) is 3.71. The fraction of sp³-hybridized carbons (Fsp3) is 0.0526. The lowest BCUT2D eigenvalue weighted by molar-refractivity contribution is -0.135. The van der Waals surface area contributed by atoms with Crippen molar-refractivity contribution in [1.29, 1.82) is 0 Å². The summed E-state index contributed by atoms with van der Waals surface area (Å²) in [5, 5.41) is 10.9. The van der Waals surface area contributed by atoms with Crippen LogP contribution < -0.4 is 0 Å². The number of rotatable bonds is 3. The first-order valence-corrected chi connectivity index (χ1v) is 9.00. The van der Waals surface area contributed by atoms with E-state index in [1.807, 2.05) is 54.6 Å². The molecular formula is C19H14BrNO3S. The van der Waals surface area contributed by atoms with Crippen LogP contribution in [0.2, 0.25) is 0 Å². The van der Waals surface area contributed by atoms with Gasteiger partial charge in [-0.25, -0.2) is 9.79 Å². The first-order valence-electron chi connectivity index (χ1n) is 7.39. The number of halogens is 1. The van der Waals surface area contributed by atoms with Gasteiger partial charge in [0.1, 0.15) is 16.4 Å². The Balaban J connectivity index is 2.05. The molecule has 0 saturated heterocycles. The number of nitrogens with zero attached hydrogens (tertiary/aromatic N) is 1. The Labute approximate surface area is 158 Å². The molecule has 1 aliphatic rings. The number of carbonyl (C=O) groups excluding carboxylic acids is 1. The van der Waals surface area contributed by atoms with Gasteiger partial charge in [0.2, 0.25) is 0 Å². The molecule has 1 aliphatic heterocycles. The van der Waals surface area contributed by atoms with E-state index in [9.17, 15) is 9.90 Å². The summed E-state index contributed by atoms with van der Waals surface area (Å²) in [6.07, 6.45) is 1.81. The highest BCUT2D eigenvalue weighted by Gasteiger charge is 2.32. The van der Waals surface area contributed by atoms with Gasteiger partial charge in [-0.3, -0.25) is 0 Å². The molecule has 25 heavy (non-hydrogen) atoms. The van der Waals surface area contributed by atoms with E-state index in [0.29, 0.717) is 15.6 Å². The number of thioether (sulfide) groups is 1. The van der Waals surface area contributed by atoms with Crippen LogP contribution in [0.5, 0.6) is 0 Å². The maximum absolute atomic E-state index is 12.1. The van der Waals surface area contributed by atoms with Crippen molar-refractivity contribution >= 4 is 50.5 Å². The highest BCUT2D eigenvalue weighted by molar-refractivity contribution is 9.10. The van der Waals surface area contributed by atoms with Gasteiger partial charge in [-0.2, -0.15) is 0 Å². The van der Waals surface area contributed by atoms with Crippen molar-refractivity contribution < 1.29 is 14.6 Å². The van der Waals surface area contributed by atoms with Gasteiger partial charge >= 0.3 is 5.97 Å². The largest absolute Gasteiger partial charge is 0.506 e.